The third-order valence-corrected chi connectivity index (χ3v) is 2.35. The van der Waals surface area contributed by atoms with Crippen molar-refractivity contribution < 1.29 is 9.13 Å². The van der Waals surface area contributed by atoms with Crippen molar-refractivity contribution in [2.24, 2.45) is 0 Å². The molecule has 0 aliphatic carbocycles. The number of rotatable bonds is 0. The molecule has 1 aliphatic heterocycles. The van der Waals surface area contributed by atoms with Crippen molar-refractivity contribution in [2.45, 2.75) is 19.0 Å². The zero-order valence-corrected chi connectivity index (χ0v) is 6.96. The van der Waals surface area contributed by atoms with E-state index in [0.29, 0.717) is 0 Å². The smallest absolute Gasteiger partial charge is 0.141 e. The molecule has 0 fully saturated rings. The molecule has 0 aromatic heterocycles. The first-order valence-corrected chi connectivity index (χ1v) is 4.15. The molecule has 2 rings (SSSR count). The number of para-hydroxylation sites is 1. The Kier molecular flexibility index (Phi) is 1.75. The lowest BCUT2D eigenvalue weighted by molar-refractivity contribution is 0.151. The first kappa shape index (κ1) is 7.59. The van der Waals surface area contributed by atoms with E-state index in [2.05, 4.69) is 0 Å². The van der Waals surface area contributed by atoms with Crippen LogP contribution in [0.15, 0.2) is 24.3 Å². The van der Waals surface area contributed by atoms with E-state index in [9.17, 15) is 4.39 Å². The molecule has 0 saturated heterocycles. The van der Waals surface area contributed by atoms with E-state index in [-0.39, 0.29) is 12.5 Å². The molecular weight excluding hydrogens is 155 g/mol. The fraction of sp³-hybridized carbons (Fsp3) is 0.400. The van der Waals surface area contributed by atoms with Crippen LogP contribution in [-0.4, -0.2) is 12.8 Å². The first-order chi connectivity index (χ1) is 5.79. The monoisotopic (exact) mass is 166 g/mol. The summed E-state index contributed by atoms with van der Waals surface area (Å²) >= 11 is 0. The van der Waals surface area contributed by atoms with E-state index in [1.165, 1.54) is 0 Å². The molecule has 0 spiro atoms. The van der Waals surface area contributed by atoms with Gasteiger partial charge in [-0.15, -0.1) is 0 Å². The van der Waals surface area contributed by atoms with Gasteiger partial charge in [-0.1, -0.05) is 25.1 Å². The Bertz CT molecular complexity index is 285. The Morgan fingerprint density at radius 3 is 3.00 bits per heavy atom. The lowest BCUT2D eigenvalue weighted by atomic mass is 9.94. The molecule has 1 aromatic rings. The molecule has 1 aliphatic rings. The average molecular weight is 166 g/mol. The lowest BCUT2D eigenvalue weighted by Gasteiger charge is -2.25. The summed E-state index contributed by atoms with van der Waals surface area (Å²) in [7, 11) is 0. The molecule has 2 heteroatoms. The van der Waals surface area contributed by atoms with Gasteiger partial charge < -0.3 is 4.74 Å². The fourth-order valence-corrected chi connectivity index (χ4v) is 1.50. The third-order valence-electron chi connectivity index (χ3n) is 2.35. The summed E-state index contributed by atoms with van der Waals surface area (Å²) in [6.07, 6.45) is -0.861. The van der Waals surface area contributed by atoms with Crippen LogP contribution < -0.4 is 4.74 Å². The lowest BCUT2D eigenvalue weighted by Crippen LogP contribution is -2.25. The molecule has 0 radical (unpaired) electrons. The van der Waals surface area contributed by atoms with Crippen LogP contribution in [0.1, 0.15) is 18.4 Å². The fourth-order valence-electron chi connectivity index (χ4n) is 1.50. The number of halogens is 1. The molecule has 2 atom stereocenters. The van der Waals surface area contributed by atoms with E-state index >= 15 is 0 Å². The van der Waals surface area contributed by atoms with Gasteiger partial charge in [0, 0.05) is 5.92 Å². The van der Waals surface area contributed by atoms with Crippen molar-refractivity contribution in [3.05, 3.63) is 29.8 Å². The van der Waals surface area contributed by atoms with Gasteiger partial charge in [-0.05, 0) is 11.6 Å². The molecule has 0 saturated carbocycles. The van der Waals surface area contributed by atoms with Crippen LogP contribution in [0.2, 0.25) is 0 Å². The second-order valence-corrected chi connectivity index (χ2v) is 3.15. The highest BCUT2D eigenvalue weighted by molar-refractivity contribution is 5.38. The van der Waals surface area contributed by atoms with Crippen LogP contribution in [0.3, 0.4) is 0 Å². The normalized spacial score (nSPS) is 27.5. The third kappa shape index (κ3) is 1.07. The maximum atomic E-state index is 13.1. The number of benzene rings is 1. The van der Waals surface area contributed by atoms with Gasteiger partial charge in [0.1, 0.15) is 18.5 Å². The van der Waals surface area contributed by atoms with Crippen LogP contribution in [-0.2, 0) is 0 Å². The van der Waals surface area contributed by atoms with Crippen molar-refractivity contribution in [2.75, 3.05) is 6.61 Å². The van der Waals surface area contributed by atoms with Gasteiger partial charge in [0.15, 0.2) is 0 Å². The summed E-state index contributed by atoms with van der Waals surface area (Å²) in [4.78, 5) is 0. The highest BCUT2D eigenvalue weighted by atomic mass is 19.1. The van der Waals surface area contributed by atoms with Gasteiger partial charge in [0.2, 0.25) is 0 Å². The number of hydrogen-bond acceptors (Lipinski definition) is 1. The van der Waals surface area contributed by atoms with Crippen molar-refractivity contribution in [1.82, 2.24) is 0 Å². The van der Waals surface area contributed by atoms with E-state index in [1.807, 2.05) is 31.2 Å². The topological polar surface area (TPSA) is 9.23 Å². The largest absolute Gasteiger partial charge is 0.490 e. The van der Waals surface area contributed by atoms with Crippen LogP contribution in [0.5, 0.6) is 5.75 Å². The minimum Gasteiger partial charge on any atom is -0.490 e. The molecule has 0 unspecified atom stereocenters. The maximum absolute atomic E-state index is 13.1. The SMILES string of the molecule is C[C@@H]1c2ccccc2OC[C@H]1F. The molecule has 0 amide bonds. The van der Waals surface area contributed by atoms with Gasteiger partial charge in [0.05, 0.1) is 0 Å². The van der Waals surface area contributed by atoms with Gasteiger partial charge in [-0.2, -0.15) is 0 Å². The van der Waals surface area contributed by atoms with E-state index < -0.39 is 6.17 Å². The van der Waals surface area contributed by atoms with Crippen molar-refractivity contribution >= 4 is 0 Å². The Labute approximate surface area is 71.2 Å². The molecule has 0 bridgehead atoms. The zero-order chi connectivity index (χ0) is 8.55. The molecule has 0 N–H and O–H groups in total. The molecular formula is C10H11FO. The summed E-state index contributed by atoms with van der Waals surface area (Å²) in [5.74, 6) is 0.800. The van der Waals surface area contributed by atoms with Gasteiger partial charge >= 0.3 is 0 Å². The molecule has 1 nitrogen and oxygen atoms in total. The number of hydrogen-bond donors (Lipinski definition) is 0. The summed E-state index contributed by atoms with van der Waals surface area (Å²) in [6, 6.07) is 7.63. The number of ether oxygens (including phenoxy) is 1. The standard InChI is InChI=1S/C10H11FO/c1-7-8-4-2-3-5-10(8)12-6-9(7)11/h2-5,7,9H,6H2,1H3/t7-,9-/m1/s1. The van der Waals surface area contributed by atoms with Gasteiger partial charge in [-0.25, -0.2) is 4.39 Å². The highest BCUT2D eigenvalue weighted by Gasteiger charge is 2.26. The quantitative estimate of drug-likeness (QED) is 0.575. The van der Waals surface area contributed by atoms with Crippen LogP contribution >= 0.6 is 0 Å². The Morgan fingerprint density at radius 1 is 1.42 bits per heavy atom. The Morgan fingerprint density at radius 2 is 2.17 bits per heavy atom. The van der Waals surface area contributed by atoms with Crippen LogP contribution in [0.4, 0.5) is 4.39 Å². The van der Waals surface area contributed by atoms with Crippen LogP contribution in [0, 0.1) is 0 Å². The summed E-state index contributed by atoms with van der Waals surface area (Å²) in [6.45, 7) is 2.09. The van der Waals surface area contributed by atoms with Gasteiger partial charge in [0.25, 0.3) is 0 Å². The second kappa shape index (κ2) is 2.77. The predicted octanol–water partition coefficient (Wildman–Crippen LogP) is 2.52. The second-order valence-electron chi connectivity index (χ2n) is 3.15. The maximum Gasteiger partial charge on any atom is 0.141 e. The van der Waals surface area contributed by atoms with Crippen molar-refractivity contribution in [3.8, 4) is 5.75 Å². The van der Waals surface area contributed by atoms with E-state index in [1.54, 1.807) is 0 Å². The molecule has 12 heavy (non-hydrogen) atoms. The molecule has 1 aromatic carbocycles. The Balaban J connectivity index is 2.42. The number of fused-ring (bicyclic) bond motifs is 1. The molecule has 64 valence electrons. The van der Waals surface area contributed by atoms with E-state index in [0.717, 1.165) is 11.3 Å². The average Bonchev–Trinajstić information content (AvgIpc) is 2.12. The molecule has 1 heterocycles. The predicted molar refractivity (Wildman–Crippen MR) is 45.2 cm³/mol. The minimum absolute atomic E-state index is 0.0325. The summed E-state index contributed by atoms with van der Waals surface area (Å²) < 4.78 is 18.4. The van der Waals surface area contributed by atoms with Gasteiger partial charge in [-0.3, -0.25) is 0 Å². The van der Waals surface area contributed by atoms with Crippen molar-refractivity contribution in [1.29, 1.82) is 0 Å². The highest BCUT2D eigenvalue weighted by Crippen LogP contribution is 2.34. The minimum atomic E-state index is -0.861. The summed E-state index contributed by atoms with van der Waals surface area (Å²) in [5.41, 5.74) is 0.983. The Hall–Kier alpha value is -1.05. The number of alkyl halides is 1. The summed E-state index contributed by atoms with van der Waals surface area (Å²) in [5, 5.41) is 0. The zero-order valence-electron chi connectivity index (χ0n) is 6.96. The van der Waals surface area contributed by atoms with Crippen molar-refractivity contribution in [3.63, 3.8) is 0 Å². The first-order valence-electron chi connectivity index (χ1n) is 4.15. The van der Waals surface area contributed by atoms with Crippen LogP contribution in [0.25, 0.3) is 0 Å². The van der Waals surface area contributed by atoms with E-state index in [4.69, 9.17) is 4.74 Å².